The summed E-state index contributed by atoms with van der Waals surface area (Å²) in [4.78, 5) is 35.4. The number of nitro groups is 1. The molecule has 168 valence electrons. The molecule has 15 heteroatoms. The van der Waals surface area contributed by atoms with E-state index in [1.807, 2.05) is 0 Å². The molecule has 0 radical (unpaired) electrons. The fraction of sp³-hybridized carbons (Fsp3) is 0.375. The number of esters is 1. The molecular formula is C16H14F3N3O8S. The van der Waals surface area contributed by atoms with Crippen molar-refractivity contribution in [2.75, 3.05) is 0 Å². The molecule has 2 N–H and O–H groups in total. The zero-order chi connectivity index (χ0) is 23.1. The van der Waals surface area contributed by atoms with Crippen LogP contribution in [0.2, 0.25) is 0 Å². The number of rotatable bonds is 6. The highest BCUT2D eigenvalue weighted by atomic mass is 32.2. The Bertz CT molecular complexity index is 1070. The van der Waals surface area contributed by atoms with Crippen molar-refractivity contribution in [1.29, 1.82) is 0 Å². The maximum Gasteiger partial charge on any atom is 0.534 e. The molecule has 0 saturated carbocycles. The maximum atomic E-state index is 12.7. The Hall–Kier alpha value is -3.20. The highest BCUT2D eigenvalue weighted by Gasteiger charge is 2.54. The van der Waals surface area contributed by atoms with Crippen LogP contribution in [0.4, 0.5) is 18.9 Å². The normalized spacial score (nSPS) is 21.3. The standard InChI is InChI=1S/C16H14F3N3O8S/c17-16(18,19)31(27,28)30-11-6-5-10-12(20)14(23)21(10)13(11)15(24)29-7-8-1-3-9(4-2-8)22(25)26/h1-4,10,12H,5-7,20H2/t10-,12-/m0/s1. The van der Waals surface area contributed by atoms with E-state index in [0.29, 0.717) is 5.56 Å². The molecule has 1 aromatic rings. The minimum Gasteiger partial charge on any atom is -0.456 e. The topological polar surface area (TPSA) is 159 Å². The van der Waals surface area contributed by atoms with Gasteiger partial charge in [-0.2, -0.15) is 21.6 Å². The molecule has 0 bridgehead atoms. The van der Waals surface area contributed by atoms with Crippen LogP contribution in [0, 0.1) is 10.1 Å². The van der Waals surface area contributed by atoms with Gasteiger partial charge in [-0.15, -0.1) is 0 Å². The Morgan fingerprint density at radius 2 is 1.90 bits per heavy atom. The molecule has 2 aliphatic heterocycles. The van der Waals surface area contributed by atoms with E-state index in [9.17, 15) is 41.3 Å². The summed E-state index contributed by atoms with van der Waals surface area (Å²) in [5.41, 5.74) is -0.831. The maximum absolute atomic E-state index is 12.7. The fourth-order valence-corrected chi connectivity index (χ4v) is 3.61. The SMILES string of the molecule is N[C@@H]1C(=O)N2C(C(=O)OCc3ccc([N+](=O)[O-])cc3)=C(OS(=O)(=O)C(F)(F)F)CC[C@@H]12. The first kappa shape index (κ1) is 22.5. The molecule has 31 heavy (non-hydrogen) atoms. The van der Waals surface area contributed by atoms with Gasteiger partial charge in [0.1, 0.15) is 12.6 Å². The number of amides is 1. The van der Waals surface area contributed by atoms with Gasteiger partial charge < -0.3 is 14.7 Å². The molecule has 3 rings (SSSR count). The lowest BCUT2D eigenvalue weighted by Crippen LogP contribution is -2.69. The summed E-state index contributed by atoms with van der Waals surface area (Å²) in [7, 11) is -6.09. The Labute approximate surface area is 172 Å². The molecule has 0 spiro atoms. The Morgan fingerprint density at radius 3 is 2.45 bits per heavy atom. The number of hydrogen-bond acceptors (Lipinski definition) is 9. The molecule has 2 heterocycles. The number of halogens is 3. The van der Waals surface area contributed by atoms with Gasteiger partial charge in [0.25, 0.3) is 5.69 Å². The second-order valence-electron chi connectivity index (χ2n) is 6.59. The van der Waals surface area contributed by atoms with Crippen molar-refractivity contribution in [2.24, 2.45) is 5.73 Å². The van der Waals surface area contributed by atoms with Crippen LogP contribution in [0.1, 0.15) is 18.4 Å². The second kappa shape index (κ2) is 7.81. The predicted octanol–water partition coefficient (Wildman–Crippen LogP) is 1.05. The third kappa shape index (κ3) is 4.18. The molecule has 0 aromatic heterocycles. The van der Waals surface area contributed by atoms with Crippen LogP contribution in [0.5, 0.6) is 0 Å². The largest absolute Gasteiger partial charge is 0.534 e. The number of carbonyl (C=O) groups excluding carboxylic acids is 2. The molecule has 1 saturated heterocycles. The van der Waals surface area contributed by atoms with Crippen molar-refractivity contribution in [2.45, 2.75) is 37.0 Å². The van der Waals surface area contributed by atoms with Gasteiger partial charge in [-0.3, -0.25) is 19.8 Å². The number of fused-ring (bicyclic) bond motifs is 1. The Morgan fingerprint density at radius 1 is 1.29 bits per heavy atom. The van der Waals surface area contributed by atoms with Crippen molar-refractivity contribution in [3.05, 3.63) is 51.4 Å². The van der Waals surface area contributed by atoms with E-state index in [2.05, 4.69) is 4.18 Å². The number of hydrogen-bond donors (Lipinski definition) is 1. The molecule has 2 atom stereocenters. The van der Waals surface area contributed by atoms with Gasteiger partial charge in [-0.1, -0.05) is 0 Å². The minimum atomic E-state index is -6.09. The quantitative estimate of drug-likeness (QED) is 0.162. The molecule has 1 aromatic carbocycles. The first-order valence-electron chi connectivity index (χ1n) is 8.56. The molecule has 1 fully saturated rings. The third-order valence-electron chi connectivity index (χ3n) is 4.65. The second-order valence-corrected chi connectivity index (χ2v) is 8.13. The first-order chi connectivity index (χ1) is 14.3. The van der Waals surface area contributed by atoms with Gasteiger partial charge in [0.2, 0.25) is 5.91 Å². The van der Waals surface area contributed by atoms with Crippen molar-refractivity contribution >= 4 is 27.7 Å². The number of allylic oxidation sites excluding steroid dienone is 1. The van der Waals surface area contributed by atoms with Crippen molar-refractivity contribution in [3.8, 4) is 0 Å². The van der Waals surface area contributed by atoms with Gasteiger partial charge in [-0.05, 0) is 24.1 Å². The lowest BCUT2D eigenvalue weighted by Gasteiger charge is -2.48. The van der Waals surface area contributed by atoms with E-state index in [1.165, 1.54) is 12.1 Å². The van der Waals surface area contributed by atoms with Crippen LogP contribution in [0.3, 0.4) is 0 Å². The van der Waals surface area contributed by atoms with E-state index in [1.54, 1.807) is 0 Å². The van der Waals surface area contributed by atoms with E-state index >= 15 is 0 Å². The third-order valence-corrected chi connectivity index (χ3v) is 5.63. The summed E-state index contributed by atoms with van der Waals surface area (Å²) in [6.45, 7) is -0.460. The Kier molecular flexibility index (Phi) is 5.66. The number of nitrogens with zero attached hydrogens (tertiary/aromatic N) is 2. The zero-order valence-corrected chi connectivity index (χ0v) is 16.2. The lowest BCUT2D eigenvalue weighted by molar-refractivity contribution is -0.384. The highest BCUT2D eigenvalue weighted by Crippen LogP contribution is 2.39. The van der Waals surface area contributed by atoms with Crippen LogP contribution in [0.15, 0.2) is 35.7 Å². The van der Waals surface area contributed by atoms with Crippen LogP contribution < -0.4 is 5.73 Å². The fourth-order valence-electron chi connectivity index (χ4n) is 3.09. The van der Waals surface area contributed by atoms with E-state index in [4.69, 9.17) is 10.5 Å². The lowest BCUT2D eigenvalue weighted by atomic mass is 9.86. The number of ether oxygens (including phenoxy) is 1. The van der Waals surface area contributed by atoms with Gasteiger partial charge >= 0.3 is 21.6 Å². The van der Waals surface area contributed by atoms with Crippen LogP contribution >= 0.6 is 0 Å². The van der Waals surface area contributed by atoms with E-state index in [-0.39, 0.29) is 12.1 Å². The van der Waals surface area contributed by atoms with E-state index < -0.39 is 69.0 Å². The van der Waals surface area contributed by atoms with Crippen LogP contribution in [-0.4, -0.2) is 47.7 Å². The zero-order valence-electron chi connectivity index (χ0n) is 15.4. The predicted molar refractivity (Wildman–Crippen MR) is 93.8 cm³/mol. The average molecular weight is 465 g/mol. The number of benzene rings is 1. The summed E-state index contributed by atoms with van der Waals surface area (Å²) in [6.07, 6.45) is -0.422. The molecule has 0 aliphatic carbocycles. The summed E-state index contributed by atoms with van der Waals surface area (Å²) in [5.74, 6) is -3.00. The van der Waals surface area contributed by atoms with Crippen molar-refractivity contribution in [3.63, 3.8) is 0 Å². The van der Waals surface area contributed by atoms with Crippen molar-refractivity contribution < 1.29 is 45.0 Å². The summed E-state index contributed by atoms with van der Waals surface area (Å²) >= 11 is 0. The average Bonchev–Trinajstić information content (AvgIpc) is 2.70. The highest BCUT2D eigenvalue weighted by molar-refractivity contribution is 7.87. The Balaban J connectivity index is 1.86. The molecule has 1 amide bonds. The van der Waals surface area contributed by atoms with Gasteiger partial charge in [0.15, 0.2) is 11.5 Å². The van der Waals surface area contributed by atoms with E-state index in [0.717, 1.165) is 17.0 Å². The molecular weight excluding hydrogens is 451 g/mol. The minimum absolute atomic E-state index is 0.0191. The monoisotopic (exact) mass is 465 g/mol. The number of nitro benzene ring substituents is 1. The van der Waals surface area contributed by atoms with Crippen LogP contribution in [-0.2, 0) is 35.2 Å². The number of alkyl halides is 3. The molecule has 0 unspecified atom stereocenters. The van der Waals surface area contributed by atoms with Crippen molar-refractivity contribution in [1.82, 2.24) is 4.90 Å². The van der Waals surface area contributed by atoms with Gasteiger partial charge in [0, 0.05) is 18.6 Å². The van der Waals surface area contributed by atoms with Crippen LogP contribution in [0.25, 0.3) is 0 Å². The summed E-state index contributed by atoms with van der Waals surface area (Å²) in [6, 6.07) is 3.11. The summed E-state index contributed by atoms with van der Waals surface area (Å²) in [5, 5.41) is 10.7. The van der Waals surface area contributed by atoms with Gasteiger partial charge in [-0.25, -0.2) is 4.79 Å². The smallest absolute Gasteiger partial charge is 0.456 e. The number of non-ortho nitro benzene ring substituents is 1. The van der Waals surface area contributed by atoms with Gasteiger partial charge in [0.05, 0.1) is 11.0 Å². The first-order valence-corrected chi connectivity index (χ1v) is 9.97. The number of β-lactam (4-membered cyclic amide) rings is 1. The molecule has 11 nitrogen and oxygen atoms in total. The summed E-state index contributed by atoms with van der Waals surface area (Å²) < 4.78 is 70.0. The number of carbonyl (C=O) groups is 2. The number of nitrogens with two attached hydrogens (primary N) is 1. The molecule has 2 aliphatic rings.